The summed E-state index contributed by atoms with van der Waals surface area (Å²) in [5.41, 5.74) is 6.69. The van der Waals surface area contributed by atoms with Gasteiger partial charge in [-0.25, -0.2) is 0 Å². The van der Waals surface area contributed by atoms with E-state index in [0.29, 0.717) is 25.1 Å². The summed E-state index contributed by atoms with van der Waals surface area (Å²) >= 11 is 0. The molecule has 5 nitrogen and oxygen atoms in total. The van der Waals surface area contributed by atoms with E-state index < -0.39 is 6.10 Å². The number of amides is 2. The second-order valence-corrected chi connectivity index (χ2v) is 5.11. The van der Waals surface area contributed by atoms with Crippen molar-refractivity contribution in [3.05, 3.63) is 42.0 Å². The van der Waals surface area contributed by atoms with Gasteiger partial charge in [-0.1, -0.05) is 18.2 Å². The van der Waals surface area contributed by atoms with Gasteiger partial charge in [0.1, 0.15) is 5.75 Å². The number of hydrogen-bond donors (Lipinski definition) is 2. The first-order valence-corrected chi connectivity index (χ1v) is 6.89. The van der Waals surface area contributed by atoms with Crippen LogP contribution < -0.4 is 15.8 Å². The summed E-state index contributed by atoms with van der Waals surface area (Å²) in [7, 11) is 0. The van der Waals surface area contributed by atoms with E-state index in [9.17, 15) is 9.59 Å². The zero-order chi connectivity index (χ0) is 14.8. The second kappa shape index (κ2) is 5.54. The first kappa shape index (κ1) is 13.6. The number of piperidine rings is 1. The zero-order valence-electron chi connectivity index (χ0n) is 11.5. The summed E-state index contributed by atoms with van der Waals surface area (Å²) < 4.78 is 5.69. The summed E-state index contributed by atoms with van der Waals surface area (Å²) in [6, 6.07) is 11.6. The van der Waals surface area contributed by atoms with E-state index in [1.54, 1.807) is 0 Å². The largest absolute Gasteiger partial charge is 0.481 e. The molecule has 5 heteroatoms. The minimum absolute atomic E-state index is 0.243. The Bertz CT molecular complexity index is 712. The number of nitrogens with two attached hydrogens (primary N) is 1. The van der Waals surface area contributed by atoms with Crippen molar-refractivity contribution >= 4 is 22.6 Å². The first-order valence-electron chi connectivity index (χ1n) is 6.89. The average Bonchev–Trinajstić information content (AvgIpc) is 2.49. The van der Waals surface area contributed by atoms with Crippen molar-refractivity contribution < 1.29 is 14.3 Å². The first-order chi connectivity index (χ1) is 10.2. The maximum Gasteiger partial charge on any atom is 0.267 e. The molecule has 108 valence electrons. The number of rotatable bonds is 3. The molecule has 2 aromatic rings. The Kier molecular flexibility index (Phi) is 3.58. The lowest BCUT2D eigenvalue weighted by Gasteiger charge is -2.22. The summed E-state index contributed by atoms with van der Waals surface area (Å²) in [6.45, 7) is 0.504. The molecule has 0 radical (unpaired) electrons. The molecule has 1 aliphatic heterocycles. The van der Waals surface area contributed by atoms with Crippen LogP contribution in [0.5, 0.6) is 5.75 Å². The zero-order valence-corrected chi connectivity index (χ0v) is 11.5. The Balaban J connectivity index is 1.81. The van der Waals surface area contributed by atoms with Crippen LogP contribution in [0.2, 0.25) is 0 Å². The Hall–Kier alpha value is -2.40. The van der Waals surface area contributed by atoms with Crippen LogP contribution in [0.15, 0.2) is 36.4 Å². The normalized spacial score (nSPS) is 18.6. The molecule has 0 spiro atoms. The Morgan fingerprint density at radius 1 is 1.14 bits per heavy atom. The topological polar surface area (TPSA) is 81.4 Å². The van der Waals surface area contributed by atoms with Crippen LogP contribution in [-0.4, -0.2) is 17.9 Å². The molecular weight excluding hydrogens is 268 g/mol. The summed E-state index contributed by atoms with van der Waals surface area (Å²) in [4.78, 5) is 22.8. The van der Waals surface area contributed by atoms with Crippen LogP contribution in [-0.2, 0) is 16.1 Å². The van der Waals surface area contributed by atoms with Crippen LogP contribution in [0, 0.1) is 0 Å². The summed E-state index contributed by atoms with van der Waals surface area (Å²) in [5, 5.41) is 4.39. The van der Waals surface area contributed by atoms with Crippen molar-refractivity contribution in [2.24, 2.45) is 5.73 Å². The Morgan fingerprint density at radius 2 is 1.90 bits per heavy atom. The van der Waals surface area contributed by atoms with E-state index >= 15 is 0 Å². The minimum Gasteiger partial charge on any atom is -0.481 e. The minimum atomic E-state index is -0.608. The van der Waals surface area contributed by atoms with Gasteiger partial charge in [0.05, 0.1) is 0 Å². The van der Waals surface area contributed by atoms with E-state index in [2.05, 4.69) is 5.32 Å². The molecule has 1 heterocycles. The molecule has 1 atom stereocenters. The number of hydrogen-bond acceptors (Lipinski definition) is 4. The van der Waals surface area contributed by atoms with E-state index in [1.165, 1.54) is 0 Å². The molecule has 1 aliphatic rings. The molecule has 2 aromatic carbocycles. The van der Waals surface area contributed by atoms with Gasteiger partial charge in [-0.2, -0.15) is 0 Å². The van der Waals surface area contributed by atoms with Crippen LogP contribution in [0.1, 0.15) is 18.4 Å². The third-order valence-corrected chi connectivity index (χ3v) is 3.58. The Morgan fingerprint density at radius 3 is 2.67 bits per heavy atom. The van der Waals surface area contributed by atoms with E-state index in [-0.39, 0.29) is 11.8 Å². The van der Waals surface area contributed by atoms with Crippen molar-refractivity contribution in [2.45, 2.75) is 25.5 Å². The summed E-state index contributed by atoms with van der Waals surface area (Å²) in [6.07, 6.45) is 0.113. The Labute approximate surface area is 122 Å². The highest BCUT2D eigenvalue weighted by Gasteiger charge is 2.28. The van der Waals surface area contributed by atoms with Gasteiger partial charge in [-0.05, 0) is 34.5 Å². The van der Waals surface area contributed by atoms with Crippen molar-refractivity contribution in [2.75, 3.05) is 0 Å². The highest BCUT2D eigenvalue weighted by molar-refractivity contribution is 6.00. The van der Waals surface area contributed by atoms with E-state index in [4.69, 9.17) is 10.5 Å². The molecule has 1 fully saturated rings. The highest BCUT2D eigenvalue weighted by atomic mass is 16.5. The number of ether oxygens (including phenoxy) is 1. The number of carbonyl (C=O) groups is 2. The third kappa shape index (κ3) is 2.87. The molecule has 0 bridgehead atoms. The predicted octanol–water partition coefficient (Wildman–Crippen LogP) is 1.48. The van der Waals surface area contributed by atoms with Crippen molar-refractivity contribution in [3.8, 4) is 5.75 Å². The van der Waals surface area contributed by atoms with E-state index in [1.807, 2.05) is 36.4 Å². The second-order valence-electron chi connectivity index (χ2n) is 5.11. The molecular formula is C16H16N2O3. The number of nitrogens with one attached hydrogen (secondary N) is 1. The van der Waals surface area contributed by atoms with Gasteiger partial charge in [0.2, 0.25) is 5.91 Å². The number of imide groups is 1. The number of fused-ring (bicyclic) bond motifs is 1. The third-order valence-electron chi connectivity index (χ3n) is 3.58. The number of carbonyl (C=O) groups excluding carboxylic acids is 2. The fourth-order valence-electron chi connectivity index (χ4n) is 2.42. The maximum absolute atomic E-state index is 11.7. The van der Waals surface area contributed by atoms with Crippen LogP contribution in [0.4, 0.5) is 0 Å². The molecule has 1 unspecified atom stereocenters. The average molecular weight is 284 g/mol. The van der Waals surface area contributed by atoms with Crippen LogP contribution >= 0.6 is 0 Å². The maximum atomic E-state index is 11.7. The molecule has 3 N–H and O–H groups in total. The predicted molar refractivity (Wildman–Crippen MR) is 78.6 cm³/mol. The monoisotopic (exact) mass is 284 g/mol. The van der Waals surface area contributed by atoms with Crippen LogP contribution in [0.25, 0.3) is 10.8 Å². The van der Waals surface area contributed by atoms with Gasteiger partial charge in [-0.15, -0.1) is 0 Å². The van der Waals surface area contributed by atoms with Crippen LogP contribution in [0.3, 0.4) is 0 Å². The van der Waals surface area contributed by atoms with Crippen molar-refractivity contribution in [3.63, 3.8) is 0 Å². The summed E-state index contributed by atoms with van der Waals surface area (Å²) in [5.74, 6) is 0.00926. The molecule has 2 amide bonds. The molecule has 0 saturated carbocycles. The smallest absolute Gasteiger partial charge is 0.267 e. The van der Waals surface area contributed by atoms with Gasteiger partial charge in [0, 0.05) is 19.4 Å². The van der Waals surface area contributed by atoms with Gasteiger partial charge in [0.25, 0.3) is 5.91 Å². The molecule has 0 aromatic heterocycles. The molecule has 21 heavy (non-hydrogen) atoms. The van der Waals surface area contributed by atoms with Crippen molar-refractivity contribution in [1.82, 2.24) is 5.32 Å². The van der Waals surface area contributed by atoms with Gasteiger partial charge >= 0.3 is 0 Å². The highest BCUT2D eigenvalue weighted by Crippen LogP contribution is 2.24. The quantitative estimate of drug-likeness (QED) is 0.837. The van der Waals surface area contributed by atoms with Gasteiger partial charge in [-0.3, -0.25) is 14.9 Å². The number of benzene rings is 2. The fourth-order valence-corrected chi connectivity index (χ4v) is 2.42. The van der Waals surface area contributed by atoms with Crippen molar-refractivity contribution in [1.29, 1.82) is 0 Å². The standard InChI is InChI=1S/C16H16N2O3/c17-9-10-1-2-12-8-13(4-3-11(12)7-10)21-14-5-6-15(19)18-16(14)20/h1-4,7-8,14H,5-6,9,17H2,(H,18,19,20). The van der Waals surface area contributed by atoms with E-state index in [0.717, 1.165) is 16.3 Å². The lowest BCUT2D eigenvalue weighted by molar-refractivity contribution is -0.138. The lowest BCUT2D eigenvalue weighted by atomic mass is 10.1. The SMILES string of the molecule is NCc1ccc2cc(OC3CCC(=O)NC3=O)ccc2c1. The fraction of sp³-hybridized carbons (Fsp3) is 0.250. The molecule has 0 aliphatic carbocycles. The molecule has 1 saturated heterocycles. The molecule has 3 rings (SSSR count). The van der Waals surface area contributed by atoms with Gasteiger partial charge in [0.15, 0.2) is 6.10 Å². The van der Waals surface area contributed by atoms with Gasteiger partial charge < -0.3 is 10.5 Å². The lowest BCUT2D eigenvalue weighted by Crippen LogP contribution is -2.46.